The van der Waals surface area contributed by atoms with Gasteiger partial charge in [-0.25, -0.2) is 4.39 Å². The summed E-state index contributed by atoms with van der Waals surface area (Å²) in [6.07, 6.45) is 0.962. The molecule has 1 saturated heterocycles. The van der Waals surface area contributed by atoms with Gasteiger partial charge in [0.15, 0.2) is 0 Å². The molecule has 2 aromatic rings. The van der Waals surface area contributed by atoms with Crippen molar-refractivity contribution in [2.45, 2.75) is 20.3 Å². The van der Waals surface area contributed by atoms with Crippen LogP contribution in [0.3, 0.4) is 0 Å². The van der Waals surface area contributed by atoms with Crippen molar-refractivity contribution < 1.29 is 14.3 Å². The molecular weight excluding hydrogens is 329 g/mol. The van der Waals surface area contributed by atoms with Gasteiger partial charge in [-0.05, 0) is 53.1 Å². The lowest BCUT2D eigenvalue weighted by Crippen LogP contribution is -2.54. The standard InChI is InChI=1S/C22H24FNO2/c1-21(2)12-22(14-25)13-24(11-19(21)22)20(26)16-8-6-15(7-9-16)17-4-3-5-18(23)10-17/h3-10,19,25H,11-14H2,1-2H3/t19-,22-/m1/s1. The van der Waals surface area contributed by atoms with Gasteiger partial charge in [0.25, 0.3) is 5.91 Å². The molecule has 2 atom stereocenters. The SMILES string of the molecule is CC1(C)C[C@]2(CO)CN(C(=O)c3ccc(-c4cccc(F)c4)cc3)C[C@H]12. The van der Waals surface area contributed by atoms with E-state index in [0.717, 1.165) is 17.5 Å². The Morgan fingerprint density at radius 3 is 2.50 bits per heavy atom. The van der Waals surface area contributed by atoms with Crippen LogP contribution in [0, 0.1) is 22.6 Å². The van der Waals surface area contributed by atoms with Crippen LogP contribution in [0.1, 0.15) is 30.6 Å². The number of amides is 1. The highest BCUT2D eigenvalue weighted by Gasteiger charge is 2.63. The summed E-state index contributed by atoms with van der Waals surface area (Å²) in [7, 11) is 0. The van der Waals surface area contributed by atoms with Crippen LogP contribution in [0.2, 0.25) is 0 Å². The molecule has 136 valence electrons. The van der Waals surface area contributed by atoms with E-state index in [-0.39, 0.29) is 29.2 Å². The molecule has 2 fully saturated rings. The van der Waals surface area contributed by atoms with E-state index in [0.29, 0.717) is 24.6 Å². The highest BCUT2D eigenvalue weighted by atomic mass is 19.1. The molecule has 1 N–H and O–H groups in total. The van der Waals surface area contributed by atoms with Gasteiger partial charge in [0.1, 0.15) is 5.82 Å². The van der Waals surface area contributed by atoms with E-state index in [4.69, 9.17) is 0 Å². The van der Waals surface area contributed by atoms with Gasteiger partial charge in [-0.1, -0.05) is 38.1 Å². The quantitative estimate of drug-likeness (QED) is 0.907. The van der Waals surface area contributed by atoms with Crippen LogP contribution in [0.5, 0.6) is 0 Å². The molecule has 1 heterocycles. The van der Waals surface area contributed by atoms with E-state index >= 15 is 0 Å². The Kier molecular flexibility index (Phi) is 3.92. The summed E-state index contributed by atoms with van der Waals surface area (Å²) in [5, 5.41) is 9.87. The number of carbonyl (C=O) groups excluding carboxylic acids is 1. The molecule has 26 heavy (non-hydrogen) atoms. The normalized spacial score (nSPS) is 26.3. The van der Waals surface area contributed by atoms with Crippen molar-refractivity contribution in [1.82, 2.24) is 4.90 Å². The van der Waals surface area contributed by atoms with Crippen LogP contribution >= 0.6 is 0 Å². The average molecular weight is 353 g/mol. The molecule has 4 heteroatoms. The number of likely N-dealkylation sites (tertiary alicyclic amines) is 1. The summed E-state index contributed by atoms with van der Waals surface area (Å²) in [4.78, 5) is 14.8. The third-order valence-electron chi connectivity index (χ3n) is 6.29. The van der Waals surface area contributed by atoms with Crippen LogP contribution in [0.15, 0.2) is 48.5 Å². The van der Waals surface area contributed by atoms with Crippen molar-refractivity contribution in [3.05, 3.63) is 59.9 Å². The molecule has 2 aliphatic rings. The smallest absolute Gasteiger partial charge is 0.253 e. The van der Waals surface area contributed by atoms with Crippen LogP contribution in [0.4, 0.5) is 4.39 Å². The maximum Gasteiger partial charge on any atom is 0.253 e. The maximum atomic E-state index is 13.4. The van der Waals surface area contributed by atoms with Gasteiger partial charge in [0.2, 0.25) is 0 Å². The van der Waals surface area contributed by atoms with E-state index in [9.17, 15) is 14.3 Å². The fraction of sp³-hybridized carbons (Fsp3) is 0.409. The fourth-order valence-electron chi connectivity index (χ4n) is 5.15. The van der Waals surface area contributed by atoms with Gasteiger partial charge < -0.3 is 10.0 Å². The minimum absolute atomic E-state index is 0.00816. The molecule has 0 radical (unpaired) electrons. The lowest BCUT2D eigenvalue weighted by Gasteiger charge is -2.55. The van der Waals surface area contributed by atoms with E-state index in [1.165, 1.54) is 12.1 Å². The van der Waals surface area contributed by atoms with Gasteiger partial charge in [-0.2, -0.15) is 0 Å². The molecule has 0 aromatic heterocycles. The van der Waals surface area contributed by atoms with Crippen LogP contribution in [-0.2, 0) is 0 Å². The first kappa shape index (κ1) is 17.2. The number of aliphatic hydroxyl groups excluding tert-OH is 1. The zero-order chi connectivity index (χ0) is 18.5. The Balaban J connectivity index is 1.53. The van der Waals surface area contributed by atoms with Crippen molar-refractivity contribution in [2.24, 2.45) is 16.7 Å². The number of benzene rings is 2. The Hall–Kier alpha value is -2.20. The van der Waals surface area contributed by atoms with Gasteiger partial charge in [0.05, 0.1) is 6.61 Å². The molecule has 1 saturated carbocycles. The lowest BCUT2D eigenvalue weighted by atomic mass is 9.48. The number of hydrogen-bond donors (Lipinski definition) is 1. The number of aliphatic hydroxyl groups is 1. The molecule has 0 spiro atoms. The monoisotopic (exact) mass is 353 g/mol. The number of carbonyl (C=O) groups is 1. The highest BCUT2D eigenvalue weighted by Crippen LogP contribution is 2.62. The first-order valence-electron chi connectivity index (χ1n) is 9.11. The van der Waals surface area contributed by atoms with Gasteiger partial charge in [-0.3, -0.25) is 4.79 Å². The third-order valence-corrected chi connectivity index (χ3v) is 6.29. The van der Waals surface area contributed by atoms with E-state index in [1.54, 1.807) is 18.2 Å². The van der Waals surface area contributed by atoms with E-state index < -0.39 is 0 Å². The molecule has 0 unspecified atom stereocenters. The third kappa shape index (κ3) is 2.64. The molecule has 1 aliphatic carbocycles. The topological polar surface area (TPSA) is 40.5 Å². The summed E-state index contributed by atoms with van der Waals surface area (Å²) in [6, 6.07) is 13.8. The average Bonchev–Trinajstić information content (AvgIpc) is 2.96. The zero-order valence-electron chi connectivity index (χ0n) is 15.2. The first-order chi connectivity index (χ1) is 12.3. The second kappa shape index (κ2) is 5.92. The minimum Gasteiger partial charge on any atom is -0.396 e. The van der Waals surface area contributed by atoms with E-state index in [1.807, 2.05) is 23.1 Å². The van der Waals surface area contributed by atoms with Gasteiger partial charge in [0, 0.05) is 24.1 Å². The van der Waals surface area contributed by atoms with Crippen LogP contribution in [0.25, 0.3) is 11.1 Å². The van der Waals surface area contributed by atoms with E-state index in [2.05, 4.69) is 13.8 Å². The number of hydrogen-bond acceptors (Lipinski definition) is 2. The predicted molar refractivity (Wildman–Crippen MR) is 99.1 cm³/mol. The van der Waals surface area contributed by atoms with Crippen molar-refractivity contribution in [3.63, 3.8) is 0 Å². The molecule has 0 bridgehead atoms. The largest absolute Gasteiger partial charge is 0.396 e. The van der Waals surface area contributed by atoms with Crippen LogP contribution in [-0.4, -0.2) is 35.6 Å². The van der Waals surface area contributed by atoms with Crippen molar-refractivity contribution in [3.8, 4) is 11.1 Å². The highest BCUT2D eigenvalue weighted by molar-refractivity contribution is 5.95. The molecule has 1 aliphatic heterocycles. The summed E-state index contributed by atoms with van der Waals surface area (Å²) >= 11 is 0. The summed E-state index contributed by atoms with van der Waals surface area (Å²) in [5.41, 5.74) is 2.37. The first-order valence-corrected chi connectivity index (χ1v) is 9.11. The molecule has 2 aromatic carbocycles. The number of nitrogens with zero attached hydrogens (tertiary/aromatic N) is 1. The predicted octanol–water partition coefficient (Wildman–Crippen LogP) is 3.97. The van der Waals surface area contributed by atoms with Crippen LogP contribution < -0.4 is 0 Å². The number of rotatable bonds is 3. The second-order valence-electron chi connectivity index (χ2n) is 8.51. The fourth-order valence-corrected chi connectivity index (χ4v) is 5.15. The Labute approximate surface area is 153 Å². The van der Waals surface area contributed by atoms with Crippen molar-refractivity contribution in [1.29, 1.82) is 0 Å². The van der Waals surface area contributed by atoms with Gasteiger partial charge >= 0.3 is 0 Å². The molecular formula is C22H24FNO2. The van der Waals surface area contributed by atoms with Gasteiger partial charge in [-0.15, -0.1) is 0 Å². The van der Waals surface area contributed by atoms with Crippen molar-refractivity contribution >= 4 is 5.91 Å². The molecule has 3 nitrogen and oxygen atoms in total. The molecule has 4 rings (SSSR count). The lowest BCUT2D eigenvalue weighted by molar-refractivity contribution is -0.0976. The summed E-state index contributed by atoms with van der Waals surface area (Å²) in [6.45, 7) is 5.91. The Bertz CT molecular complexity index is 845. The zero-order valence-corrected chi connectivity index (χ0v) is 15.2. The minimum atomic E-state index is -0.271. The Morgan fingerprint density at radius 1 is 1.19 bits per heavy atom. The summed E-state index contributed by atoms with van der Waals surface area (Å²) in [5.74, 6) is 0.0939. The Morgan fingerprint density at radius 2 is 1.92 bits per heavy atom. The number of fused-ring (bicyclic) bond motifs is 1. The number of halogens is 1. The maximum absolute atomic E-state index is 13.4. The summed E-state index contributed by atoms with van der Waals surface area (Å²) < 4.78 is 13.4. The van der Waals surface area contributed by atoms with Crippen molar-refractivity contribution in [2.75, 3.05) is 19.7 Å². The molecule has 1 amide bonds. The second-order valence-corrected chi connectivity index (χ2v) is 8.51.